The predicted octanol–water partition coefficient (Wildman–Crippen LogP) is 3.06. The predicted molar refractivity (Wildman–Crippen MR) is 151 cm³/mol. The number of methoxy groups -OCH3 is 1. The third-order valence-corrected chi connectivity index (χ3v) is 7.83. The Bertz CT molecular complexity index is 1460. The van der Waals surface area contributed by atoms with Crippen molar-refractivity contribution in [2.75, 3.05) is 69.8 Å². The first kappa shape index (κ1) is 28.0. The number of benzene rings is 1. The second-order valence-corrected chi connectivity index (χ2v) is 10.5. The molecule has 1 unspecified atom stereocenters. The number of nitrogens with one attached hydrogen (secondary N) is 2. The zero-order chi connectivity index (χ0) is 29.1. The molecule has 0 spiro atoms. The Labute approximate surface area is 242 Å². The van der Waals surface area contributed by atoms with Crippen molar-refractivity contribution >= 4 is 17.5 Å². The lowest BCUT2D eigenvalue weighted by molar-refractivity contribution is -0.109. The van der Waals surface area contributed by atoms with Crippen LogP contribution in [0.4, 0.5) is 26.2 Å². The standard InChI is InChI=1S/C29H32F2N8O3/c1-40-25-13-27(35-15-23(25)39-10-8-38(9-11-39)21-16-41-17-21)37-28-34-7-4-22(36-28)19-2-3-24(20(12-19)14-32)42-26-5-6-33-18-29(26,30)31/h2-4,7,12-13,15,21,26,33H,5-6,8-11,16-18H2,1H3,(H,34,35,36,37). The monoisotopic (exact) mass is 578 g/mol. The molecule has 1 atom stereocenters. The summed E-state index contributed by atoms with van der Waals surface area (Å²) in [6.45, 7) is 5.27. The average molecular weight is 579 g/mol. The first-order valence-corrected chi connectivity index (χ1v) is 13.9. The summed E-state index contributed by atoms with van der Waals surface area (Å²) in [5.74, 6) is -1.39. The van der Waals surface area contributed by atoms with Gasteiger partial charge >= 0.3 is 0 Å². The van der Waals surface area contributed by atoms with Gasteiger partial charge < -0.3 is 29.7 Å². The summed E-state index contributed by atoms with van der Waals surface area (Å²) < 4.78 is 45.1. The molecule has 3 saturated heterocycles. The van der Waals surface area contributed by atoms with Crippen molar-refractivity contribution < 1.29 is 23.0 Å². The van der Waals surface area contributed by atoms with E-state index in [1.807, 2.05) is 6.07 Å². The Morgan fingerprint density at radius 1 is 1.12 bits per heavy atom. The van der Waals surface area contributed by atoms with Gasteiger partial charge in [-0.25, -0.2) is 23.7 Å². The van der Waals surface area contributed by atoms with Gasteiger partial charge in [0, 0.05) is 50.4 Å². The van der Waals surface area contributed by atoms with Crippen molar-refractivity contribution in [3.8, 4) is 28.8 Å². The molecular formula is C29H32F2N8O3. The summed E-state index contributed by atoms with van der Waals surface area (Å²) >= 11 is 0. The Morgan fingerprint density at radius 3 is 2.67 bits per heavy atom. The maximum atomic E-state index is 14.3. The molecule has 2 aromatic heterocycles. The lowest BCUT2D eigenvalue weighted by Crippen LogP contribution is -2.56. The molecule has 3 aliphatic heterocycles. The summed E-state index contributed by atoms with van der Waals surface area (Å²) in [6.07, 6.45) is 2.23. The first-order valence-electron chi connectivity index (χ1n) is 13.9. The van der Waals surface area contributed by atoms with Gasteiger partial charge in [0.25, 0.3) is 5.92 Å². The van der Waals surface area contributed by atoms with Crippen LogP contribution in [0.25, 0.3) is 11.3 Å². The molecule has 0 amide bonds. The van der Waals surface area contributed by atoms with Gasteiger partial charge in [-0.1, -0.05) is 0 Å². The van der Waals surface area contributed by atoms with Crippen molar-refractivity contribution in [2.45, 2.75) is 24.5 Å². The number of aromatic nitrogens is 3. The van der Waals surface area contributed by atoms with Crippen LogP contribution in [0, 0.1) is 11.3 Å². The number of halogens is 2. The number of rotatable bonds is 8. The molecule has 42 heavy (non-hydrogen) atoms. The molecule has 13 heteroatoms. The average Bonchev–Trinajstić information content (AvgIpc) is 2.98. The SMILES string of the molecule is COc1cc(Nc2nccc(-c3ccc(OC4CCNCC4(F)F)c(C#N)c3)n2)ncc1N1CCN(C2COC2)CC1. The summed E-state index contributed by atoms with van der Waals surface area (Å²) in [5, 5.41) is 15.5. The highest BCUT2D eigenvalue weighted by atomic mass is 19.3. The van der Waals surface area contributed by atoms with Gasteiger partial charge in [0.05, 0.1) is 56.1 Å². The Morgan fingerprint density at radius 2 is 1.95 bits per heavy atom. The largest absolute Gasteiger partial charge is 0.494 e. The van der Waals surface area contributed by atoms with E-state index in [1.165, 1.54) is 6.07 Å². The van der Waals surface area contributed by atoms with E-state index >= 15 is 0 Å². The fourth-order valence-electron chi connectivity index (χ4n) is 5.35. The van der Waals surface area contributed by atoms with Crippen LogP contribution in [0.15, 0.2) is 42.7 Å². The molecule has 0 saturated carbocycles. The number of hydrogen-bond acceptors (Lipinski definition) is 11. The maximum Gasteiger partial charge on any atom is 0.296 e. The summed E-state index contributed by atoms with van der Waals surface area (Å²) in [4.78, 5) is 18.2. The molecule has 3 aliphatic rings. The van der Waals surface area contributed by atoms with E-state index in [0.29, 0.717) is 41.4 Å². The van der Waals surface area contributed by atoms with Crippen molar-refractivity contribution in [3.05, 3.63) is 48.3 Å². The fourth-order valence-corrected chi connectivity index (χ4v) is 5.35. The molecule has 0 radical (unpaired) electrons. The Balaban J connectivity index is 1.15. The minimum absolute atomic E-state index is 0.120. The fraction of sp³-hybridized carbons (Fsp3) is 0.448. The smallest absolute Gasteiger partial charge is 0.296 e. The zero-order valence-electron chi connectivity index (χ0n) is 23.2. The van der Waals surface area contributed by atoms with Gasteiger partial charge in [0.1, 0.15) is 23.4 Å². The molecule has 6 rings (SSSR count). The van der Waals surface area contributed by atoms with E-state index in [1.54, 1.807) is 37.7 Å². The van der Waals surface area contributed by atoms with Crippen molar-refractivity contribution in [1.82, 2.24) is 25.2 Å². The highest BCUT2D eigenvalue weighted by Crippen LogP contribution is 2.33. The molecule has 3 aromatic rings. The van der Waals surface area contributed by atoms with Gasteiger partial charge in [-0.05, 0) is 30.8 Å². The quantitative estimate of drug-likeness (QED) is 0.410. The maximum absolute atomic E-state index is 14.3. The third-order valence-electron chi connectivity index (χ3n) is 7.83. The van der Waals surface area contributed by atoms with Crippen LogP contribution in [0.2, 0.25) is 0 Å². The van der Waals surface area contributed by atoms with E-state index in [0.717, 1.165) is 45.1 Å². The first-order chi connectivity index (χ1) is 20.4. The van der Waals surface area contributed by atoms with Crippen molar-refractivity contribution in [1.29, 1.82) is 5.26 Å². The number of pyridine rings is 1. The van der Waals surface area contributed by atoms with Crippen LogP contribution in [-0.4, -0.2) is 97.5 Å². The van der Waals surface area contributed by atoms with Crippen LogP contribution < -0.4 is 25.0 Å². The second-order valence-electron chi connectivity index (χ2n) is 10.5. The van der Waals surface area contributed by atoms with Gasteiger partial charge in [-0.3, -0.25) is 4.90 Å². The Kier molecular flexibility index (Phi) is 8.01. The molecule has 0 bridgehead atoms. The van der Waals surface area contributed by atoms with Crippen molar-refractivity contribution in [2.24, 2.45) is 0 Å². The highest BCUT2D eigenvalue weighted by molar-refractivity contribution is 5.67. The number of ether oxygens (including phenoxy) is 3. The van der Waals surface area contributed by atoms with E-state index < -0.39 is 18.6 Å². The number of anilines is 3. The van der Waals surface area contributed by atoms with Crippen molar-refractivity contribution in [3.63, 3.8) is 0 Å². The van der Waals surface area contributed by atoms with E-state index in [9.17, 15) is 14.0 Å². The third kappa shape index (κ3) is 5.92. The molecule has 5 heterocycles. The second kappa shape index (κ2) is 12.0. The minimum Gasteiger partial charge on any atom is -0.494 e. The zero-order valence-corrected chi connectivity index (χ0v) is 23.2. The van der Waals surface area contributed by atoms with Gasteiger partial charge in [-0.2, -0.15) is 5.26 Å². The lowest BCUT2D eigenvalue weighted by atomic mass is 10.0. The minimum atomic E-state index is -3.02. The number of alkyl halides is 2. The molecule has 11 nitrogen and oxygen atoms in total. The summed E-state index contributed by atoms with van der Waals surface area (Å²) in [5.41, 5.74) is 2.24. The van der Waals surface area contributed by atoms with Gasteiger partial charge in [0.15, 0.2) is 6.10 Å². The molecule has 220 valence electrons. The molecule has 0 aliphatic carbocycles. The van der Waals surface area contributed by atoms with E-state index in [-0.39, 0.29) is 17.7 Å². The number of piperidine rings is 1. The normalized spacial score (nSPS) is 20.8. The number of nitriles is 1. The topological polar surface area (TPSA) is 121 Å². The van der Waals surface area contributed by atoms with E-state index in [2.05, 4.69) is 41.5 Å². The number of nitrogens with zero attached hydrogens (tertiary/aromatic N) is 6. The lowest BCUT2D eigenvalue weighted by Gasteiger charge is -2.43. The summed E-state index contributed by atoms with van der Waals surface area (Å²) in [6, 6.07) is 10.9. The van der Waals surface area contributed by atoms with E-state index in [4.69, 9.17) is 14.2 Å². The van der Waals surface area contributed by atoms with Gasteiger partial charge in [0.2, 0.25) is 5.95 Å². The molecular weight excluding hydrogens is 546 g/mol. The van der Waals surface area contributed by atoms with Crippen LogP contribution in [0.1, 0.15) is 12.0 Å². The van der Waals surface area contributed by atoms with Gasteiger partial charge in [-0.15, -0.1) is 0 Å². The highest BCUT2D eigenvalue weighted by Gasteiger charge is 2.43. The van der Waals surface area contributed by atoms with Crippen LogP contribution in [0.3, 0.4) is 0 Å². The van der Waals surface area contributed by atoms with Crippen LogP contribution in [0.5, 0.6) is 11.5 Å². The molecule has 3 fully saturated rings. The van der Waals surface area contributed by atoms with Crippen LogP contribution in [-0.2, 0) is 4.74 Å². The number of hydrogen-bond donors (Lipinski definition) is 2. The number of piperazine rings is 1. The summed E-state index contributed by atoms with van der Waals surface area (Å²) in [7, 11) is 1.63. The molecule has 2 N–H and O–H groups in total. The van der Waals surface area contributed by atoms with Crippen LogP contribution >= 0.6 is 0 Å². The Hall–Kier alpha value is -4.12. The molecule has 1 aromatic carbocycles.